The number of hydrogen-bond donors (Lipinski definition) is 2. The van der Waals surface area contributed by atoms with Crippen molar-refractivity contribution in [1.29, 1.82) is 0 Å². The Hall–Kier alpha value is -1.82. The van der Waals surface area contributed by atoms with Crippen LogP contribution in [0.4, 0.5) is 0 Å². The van der Waals surface area contributed by atoms with E-state index in [1.54, 1.807) is 31.2 Å². The van der Waals surface area contributed by atoms with Crippen LogP contribution < -0.4 is 5.56 Å². The predicted octanol–water partition coefficient (Wildman–Crippen LogP) is 1.49. The summed E-state index contributed by atoms with van der Waals surface area (Å²) in [6, 6.07) is 6.94. The Balaban J connectivity index is 2.44. The van der Waals surface area contributed by atoms with Crippen molar-refractivity contribution in [1.82, 2.24) is 9.97 Å². The van der Waals surface area contributed by atoms with Crippen LogP contribution in [0.3, 0.4) is 0 Å². The summed E-state index contributed by atoms with van der Waals surface area (Å²) < 4.78 is 0. The van der Waals surface area contributed by atoms with Crippen LogP contribution in [-0.2, 0) is 4.79 Å². The lowest BCUT2D eigenvalue weighted by molar-refractivity contribution is -0.136. The van der Waals surface area contributed by atoms with Crippen LogP contribution in [-0.4, -0.2) is 26.3 Å². The predicted molar refractivity (Wildman–Crippen MR) is 65.3 cm³/mol. The first kappa shape index (κ1) is 11.7. The van der Waals surface area contributed by atoms with Crippen molar-refractivity contribution in [2.75, 3.05) is 0 Å². The number of aromatic nitrogens is 2. The average molecular weight is 250 g/mol. The van der Waals surface area contributed by atoms with E-state index in [9.17, 15) is 9.59 Å². The molecule has 0 bridgehead atoms. The highest BCUT2D eigenvalue weighted by molar-refractivity contribution is 8.00. The van der Waals surface area contributed by atoms with E-state index < -0.39 is 11.2 Å². The zero-order valence-electron chi connectivity index (χ0n) is 9.01. The summed E-state index contributed by atoms with van der Waals surface area (Å²) in [5, 5.41) is 8.95. The minimum atomic E-state index is -0.939. The maximum atomic E-state index is 11.7. The van der Waals surface area contributed by atoms with Gasteiger partial charge in [-0.25, -0.2) is 4.98 Å². The molecule has 0 radical (unpaired) electrons. The van der Waals surface area contributed by atoms with Crippen LogP contribution in [0.15, 0.2) is 34.2 Å². The summed E-state index contributed by atoms with van der Waals surface area (Å²) in [6.07, 6.45) is 0. The molecule has 0 amide bonds. The van der Waals surface area contributed by atoms with Crippen molar-refractivity contribution < 1.29 is 9.90 Å². The summed E-state index contributed by atoms with van der Waals surface area (Å²) >= 11 is 1.01. The number of para-hydroxylation sites is 1. The fourth-order valence-corrected chi connectivity index (χ4v) is 2.08. The first-order chi connectivity index (χ1) is 8.08. The molecular formula is C11H10N2O3S. The minimum Gasteiger partial charge on any atom is -0.480 e. The molecule has 1 aromatic heterocycles. The number of aromatic amines is 1. The van der Waals surface area contributed by atoms with E-state index in [-0.39, 0.29) is 5.56 Å². The normalized spacial score (nSPS) is 12.5. The third-order valence-electron chi connectivity index (χ3n) is 2.23. The fourth-order valence-electron chi connectivity index (χ4n) is 1.34. The molecule has 0 spiro atoms. The molecule has 2 rings (SSSR count). The van der Waals surface area contributed by atoms with Gasteiger partial charge >= 0.3 is 5.97 Å². The van der Waals surface area contributed by atoms with E-state index in [1.165, 1.54) is 0 Å². The molecule has 2 aromatic rings. The number of carboxylic acid groups (broad SMARTS) is 1. The molecule has 0 unspecified atom stereocenters. The van der Waals surface area contributed by atoms with Gasteiger partial charge < -0.3 is 10.1 Å². The van der Waals surface area contributed by atoms with Gasteiger partial charge in [0.25, 0.3) is 5.56 Å². The van der Waals surface area contributed by atoms with Crippen molar-refractivity contribution in [2.45, 2.75) is 17.3 Å². The van der Waals surface area contributed by atoms with Crippen LogP contribution in [0.1, 0.15) is 6.92 Å². The van der Waals surface area contributed by atoms with Gasteiger partial charge in [-0.15, -0.1) is 0 Å². The Morgan fingerprint density at radius 3 is 2.88 bits per heavy atom. The molecule has 6 heteroatoms. The molecule has 0 saturated carbocycles. The number of carbonyl (C=O) groups is 1. The van der Waals surface area contributed by atoms with Crippen LogP contribution >= 0.6 is 11.8 Å². The number of benzene rings is 1. The zero-order valence-corrected chi connectivity index (χ0v) is 9.82. The van der Waals surface area contributed by atoms with E-state index >= 15 is 0 Å². The topological polar surface area (TPSA) is 83.0 Å². The summed E-state index contributed by atoms with van der Waals surface area (Å²) in [4.78, 5) is 29.2. The Bertz CT molecular complexity index is 623. The van der Waals surface area contributed by atoms with Gasteiger partial charge in [-0.3, -0.25) is 9.59 Å². The second kappa shape index (κ2) is 4.58. The highest BCUT2D eigenvalue weighted by Crippen LogP contribution is 2.19. The van der Waals surface area contributed by atoms with Gasteiger partial charge in [-0.2, -0.15) is 0 Å². The molecule has 0 aliphatic carbocycles. The monoisotopic (exact) mass is 250 g/mol. The number of aliphatic carboxylic acids is 1. The highest BCUT2D eigenvalue weighted by atomic mass is 32.2. The van der Waals surface area contributed by atoms with Gasteiger partial charge in [0.2, 0.25) is 0 Å². The Kier molecular flexibility index (Phi) is 3.14. The van der Waals surface area contributed by atoms with Crippen LogP contribution in [0, 0.1) is 0 Å². The minimum absolute atomic E-state index is 0.254. The average Bonchev–Trinajstić information content (AvgIpc) is 2.29. The number of carboxylic acids is 1. The summed E-state index contributed by atoms with van der Waals surface area (Å²) in [6.45, 7) is 1.54. The summed E-state index contributed by atoms with van der Waals surface area (Å²) in [5.74, 6) is -0.939. The van der Waals surface area contributed by atoms with E-state index in [0.717, 1.165) is 11.8 Å². The van der Waals surface area contributed by atoms with Gasteiger partial charge in [0, 0.05) is 0 Å². The molecule has 0 fully saturated rings. The molecule has 5 nitrogen and oxygen atoms in total. The Labute approximate surface area is 101 Å². The first-order valence-electron chi connectivity index (χ1n) is 4.96. The lowest BCUT2D eigenvalue weighted by Gasteiger charge is -2.05. The van der Waals surface area contributed by atoms with Gasteiger partial charge in [0.05, 0.1) is 10.9 Å². The molecular weight excluding hydrogens is 240 g/mol. The van der Waals surface area contributed by atoms with Crippen molar-refractivity contribution >= 4 is 28.6 Å². The van der Waals surface area contributed by atoms with Crippen molar-refractivity contribution in [3.05, 3.63) is 34.6 Å². The first-order valence-corrected chi connectivity index (χ1v) is 5.84. The van der Waals surface area contributed by atoms with Crippen LogP contribution in [0.5, 0.6) is 0 Å². The lowest BCUT2D eigenvalue weighted by atomic mass is 10.2. The van der Waals surface area contributed by atoms with Crippen LogP contribution in [0.25, 0.3) is 10.9 Å². The van der Waals surface area contributed by atoms with Gasteiger partial charge in [-0.05, 0) is 19.1 Å². The molecule has 0 aliphatic rings. The molecule has 2 N–H and O–H groups in total. The number of hydrogen-bond acceptors (Lipinski definition) is 4. The van der Waals surface area contributed by atoms with Gasteiger partial charge in [0.15, 0.2) is 5.16 Å². The van der Waals surface area contributed by atoms with Crippen molar-refractivity contribution in [3.8, 4) is 0 Å². The van der Waals surface area contributed by atoms with E-state index in [4.69, 9.17) is 5.11 Å². The SMILES string of the molecule is C[C@H](Sc1nc2ccccc2c(=O)[nH]1)C(=O)O. The Morgan fingerprint density at radius 2 is 2.18 bits per heavy atom. The fraction of sp³-hybridized carbons (Fsp3) is 0.182. The lowest BCUT2D eigenvalue weighted by Crippen LogP contribution is -2.15. The standard InChI is InChI=1S/C11H10N2O3S/c1-6(10(15)16)17-11-12-8-5-3-2-4-7(8)9(14)13-11/h2-6H,1H3,(H,15,16)(H,12,13,14)/t6-/m0/s1. The van der Waals surface area contributed by atoms with Crippen molar-refractivity contribution in [3.63, 3.8) is 0 Å². The van der Waals surface area contributed by atoms with E-state index in [0.29, 0.717) is 16.1 Å². The number of thioether (sulfide) groups is 1. The van der Waals surface area contributed by atoms with E-state index in [1.807, 2.05) is 0 Å². The summed E-state index contributed by atoms with van der Waals surface area (Å²) in [7, 11) is 0. The van der Waals surface area contributed by atoms with Gasteiger partial charge in [-0.1, -0.05) is 23.9 Å². The molecule has 0 aliphatic heterocycles. The maximum Gasteiger partial charge on any atom is 0.316 e. The van der Waals surface area contributed by atoms with Crippen molar-refractivity contribution in [2.24, 2.45) is 0 Å². The second-order valence-electron chi connectivity index (χ2n) is 3.49. The number of nitrogens with zero attached hydrogens (tertiary/aromatic N) is 1. The molecule has 0 saturated heterocycles. The Morgan fingerprint density at radius 1 is 1.47 bits per heavy atom. The highest BCUT2D eigenvalue weighted by Gasteiger charge is 2.14. The second-order valence-corrected chi connectivity index (χ2v) is 4.82. The molecule has 17 heavy (non-hydrogen) atoms. The maximum absolute atomic E-state index is 11.7. The summed E-state index contributed by atoms with van der Waals surface area (Å²) in [5.41, 5.74) is 0.312. The van der Waals surface area contributed by atoms with Crippen LogP contribution in [0.2, 0.25) is 0 Å². The molecule has 88 valence electrons. The number of H-pyrrole nitrogens is 1. The molecule has 1 aromatic carbocycles. The molecule has 1 atom stereocenters. The third-order valence-corrected chi connectivity index (χ3v) is 3.20. The zero-order chi connectivity index (χ0) is 12.4. The largest absolute Gasteiger partial charge is 0.480 e. The quantitative estimate of drug-likeness (QED) is 0.637. The van der Waals surface area contributed by atoms with E-state index in [2.05, 4.69) is 9.97 Å². The number of fused-ring (bicyclic) bond motifs is 1. The smallest absolute Gasteiger partial charge is 0.316 e. The number of rotatable bonds is 3. The third kappa shape index (κ3) is 2.47. The molecule has 1 heterocycles. The number of nitrogens with one attached hydrogen (secondary N) is 1. The van der Waals surface area contributed by atoms with Gasteiger partial charge in [0.1, 0.15) is 5.25 Å².